The zero-order valence-electron chi connectivity index (χ0n) is 8.98. The second-order valence-corrected chi connectivity index (χ2v) is 3.87. The van der Waals surface area contributed by atoms with Crippen LogP contribution in [-0.4, -0.2) is 17.1 Å². The van der Waals surface area contributed by atoms with Gasteiger partial charge in [0.1, 0.15) is 11.4 Å². The Hall–Kier alpha value is -2.08. The van der Waals surface area contributed by atoms with Gasteiger partial charge in [-0.25, -0.2) is 0 Å². The Balaban J connectivity index is 2.14. The summed E-state index contributed by atoms with van der Waals surface area (Å²) in [6, 6.07) is 5.57. The molecule has 0 saturated heterocycles. The van der Waals surface area contributed by atoms with E-state index in [9.17, 15) is 0 Å². The fourth-order valence-corrected chi connectivity index (χ4v) is 1.83. The lowest BCUT2D eigenvalue weighted by atomic mass is 10.2. The number of hydrogen-bond acceptors (Lipinski definition) is 5. The van der Waals surface area contributed by atoms with E-state index < -0.39 is 0 Å². The molecular weight excluding hydrogens is 238 g/mol. The summed E-state index contributed by atoms with van der Waals surface area (Å²) in [4.78, 5) is 6.98. The van der Waals surface area contributed by atoms with Gasteiger partial charge in [-0.2, -0.15) is 4.98 Å². The van der Waals surface area contributed by atoms with Crippen LogP contribution in [0.4, 0.5) is 11.5 Å². The lowest BCUT2D eigenvalue weighted by Crippen LogP contribution is -2.06. The van der Waals surface area contributed by atoms with Crippen molar-refractivity contribution in [1.82, 2.24) is 9.97 Å². The Bertz CT molecular complexity index is 639. The van der Waals surface area contributed by atoms with Crippen molar-refractivity contribution < 1.29 is 9.47 Å². The quantitative estimate of drug-likeness (QED) is 0.647. The molecule has 1 aromatic carbocycles. The summed E-state index contributed by atoms with van der Waals surface area (Å²) >= 11 is 4.96. The maximum absolute atomic E-state index is 5.69. The van der Waals surface area contributed by atoms with Crippen molar-refractivity contribution in [3.63, 3.8) is 0 Å². The van der Waals surface area contributed by atoms with Crippen LogP contribution in [-0.2, 0) is 0 Å². The first kappa shape index (κ1) is 10.1. The van der Waals surface area contributed by atoms with Gasteiger partial charge >= 0.3 is 0 Å². The first-order valence-corrected chi connectivity index (χ1v) is 5.40. The van der Waals surface area contributed by atoms with E-state index in [0.29, 0.717) is 27.8 Å². The minimum absolute atomic E-state index is 0.401. The molecule has 2 heterocycles. The van der Waals surface area contributed by atoms with Gasteiger partial charge in [0.2, 0.25) is 0 Å². The van der Waals surface area contributed by atoms with E-state index in [0.717, 1.165) is 5.69 Å². The molecule has 0 radical (unpaired) electrons. The van der Waals surface area contributed by atoms with Gasteiger partial charge in [-0.3, -0.25) is 0 Å². The predicted molar refractivity (Wildman–Crippen MR) is 65.8 cm³/mol. The number of H-pyrrole nitrogens is 1. The summed E-state index contributed by atoms with van der Waals surface area (Å²) in [7, 11) is 1.61. The molecule has 86 valence electrons. The van der Waals surface area contributed by atoms with Crippen LogP contribution in [0.2, 0.25) is 0 Å². The molecule has 0 spiro atoms. The Labute approximate surface area is 102 Å². The molecule has 2 N–H and O–H groups in total. The number of ether oxygens (including phenoxy) is 2. The van der Waals surface area contributed by atoms with E-state index in [4.69, 9.17) is 21.7 Å². The molecular formula is C11H9N3O2S. The van der Waals surface area contributed by atoms with Crippen molar-refractivity contribution >= 4 is 23.7 Å². The van der Waals surface area contributed by atoms with E-state index in [1.165, 1.54) is 0 Å². The summed E-state index contributed by atoms with van der Waals surface area (Å²) in [5, 5.41) is 3.15. The zero-order valence-corrected chi connectivity index (χ0v) is 9.80. The molecule has 0 saturated carbocycles. The molecule has 17 heavy (non-hydrogen) atoms. The summed E-state index contributed by atoms with van der Waals surface area (Å²) in [6.07, 6.45) is 1.68. The number of benzene rings is 1. The van der Waals surface area contributed by atoms with Crippen molar-refractivity contribution in [3.8, 4) is 17.2 Å². The number of aromatic nitrogens is 2. The molecule has 5 nitrogen and oxygen atoms in total. The summed E-state index contributed by atoms with van der Waals surface area (Å²) in [5.41, 5.74) is 0.760. The molecule has 0 unspecified atom stereocenters. The largest absolute Gasteiger partial charge is 0.494 e. The molecule has 6 heteroatoms. The van der Waals surface area contributed by atoms with E-state index in [-0.39, 0.29) is 0 Å². The molecule has 3 rings (SSSR count). The Kier molecular flexibility index (Phi) is 2.22. The summed E-state index contributed by atoms with van der Waals surface area (Å²) < 4.78 is 11.3. The highest BCUT2D eigenvalue weighted by atomic mass is 32.1. The maximum Gasteiger partial charge on any atom is 0.198 e. The number of nitrogens with one attached hydrogen (secondary N) is 2. The summed E-state index contributed by atoms with van der Waals surface area (Å²) in [6.45, 7) is 0. The van der Waals surface area contributed by atoms with Crippen molar-refractivity contribution in [1.29, 1.82) is 0 Å². The van der Waals surface area contributed by atoms with Crippen LogP contribution < -0.4 is 14.8 Å². The van der Waals surface area contributed by atoms with Gasteiger partial charge < -0.3 is 19.8 Å². The Morgan fingerprint density at radius 1 is 1.35 bits per heavy atom. The van der Waals surface area contributed by atoms with Gasteiger partial charge in [0, 0.05) is 0 Å². The van der Waals surface area contributed by atoms with E-state index in [1.807, 2.05) is 18.2 Å². The predicted octanol–water partition coefficient (Wildman–Crippen LogP) is 3.00. The molecule has 0 atom stereocenters. The van der Waals surface area contributed by atoms with Crippen molar-refractivity contribution in [2.24, 2.45) is 0 Å². The number of anilines is 2. The third kappa shape index (κ3) is 1.62. The second-order valence-electron chi connectivity index (χ2n) is 3.48. The van der Waals surface area contributed by atoms with Gasteiger partial charge in [0.05, 0.1) is 13.3 Å². The first-order chi connectivity index (χ1) is 8.28. The third-order valence-electron chi connectivity index (χ3n) is 2.44. The van der Waals surface area contributed by atoms with Gasteiger partial charge in [0.15, 0.2) is 22.1 Å². The minimum atomic E-state index is 0.401. The van der Waals surface area contributed by atoms with E-state index in [2.05, 4.69) is 15.3 Å². The van der Waals surface area contributed by atoms with Gasteiger partial charge in [0.25, 0.3) is 0 Å². The molecule has 1 aromatic heterocycles. The van der Waals surface area contributed by atoms with E-state index >= 15 is 0 Å². The molecule has 2 aromatic rings. The average Bonchev–Trinajstić information content (AvgIpc) is 2.35. The van der Waals surface area contributed by atoms with Gasteiger partial charge in [-0.05, 0) is 24.4 Å². The SMILES string of the molecule is COc1cccc2c1Nc1nc(=S)[nH]cc1O2. The zero-order chi connectivity index (χ0) is 11.8. The molecule has 0 bridgehead atoms. The molecule has 1 aliphatic rings. The topological polar surface area (TPSA) is 59.2 Å². The smallest absolute Gasteiger partial charge is 0.198 e. The van der Waals surface area contributed by atoms with Crippen LogP contribution in [0.3, 0.4) is 0 Å². The van der Waals surface area contributed by atoms with E-state index in [1.54, 1.807) is 13.3 Å². The maximum atomic E-state index is 5.69. The number of para-hydroxylation sites is 1. The highest BCUT2D eigenvalue weighted by Crippen LogP contribution is 2.44. The third-order valence-corrected chi connectivity index (χ3v) is 2.65. The Morgan fingerprint density at radius 3 is 3.06 bits per heavy atom. The molecule has 1 aliphatic heterocycles. The van der Waals surface area contributed by atoms with Crippen LogP contribution in [0, 0.1) is 4.77 Å². The number of rotatable bonds is 1. The number of methoxy groups -OCH3 is 1. The second kappa shape index (κ2) is 3.74. The highest BCUT2D eigenvalue weighted by molar-refractivity contribution is 7.71. The normalized spacial score (nSPS) is 11.8. The molecule has 0 aliphatic carbocycles. The summed E-state index contributed by atoms with van der Waals surface area (Å²) in [5.74, 6) is 2.60. The van der Waals surface area contributed by atoms with Crippen molar-refractivity contribution in [2.75, 3.05) is 12.4 Å². The monoisotopic (exact) mass is 247 g/mol. The van der Waals surface area contributed by atoms with Gasteiger partial charge in [-0.1, -0.05) is 6.07 Å². The number of aromatic amines is 1. The minimum Gasteiger partial charge on any atom is -0.494 e. The number of nitrogens with zero attached hydrogens (tertiary/aromatic N) is 1. The first-order valence-electron chi connectivity index (χ1n) is 4.99. The number of hydrogen-bond donors (Lipinski definition) is 2. The van der Waals surface area contributed by atoms with Crippen LogP contribution >= 0.6 is 12.2 Å². The standard InChI is InChI=1S/C11H9N3O2S/c1-15-6-3-2-4-7-9(6)13-10-8(16-7)5-12-11(17)14-10/h2-5H,1H3,(H2,12,13,14,17). The van der Waals surface area contributed by atoms with Crippen LogP contribution in [0.15, 0.2) is 24.4 Å². The number of fused-ring (bicyclic) bond motifs is 2. The van der Waals surface area contributed by atoms with Crippen LogP contribution in [0.5, 0.6) is 17.2 Å². The van der Waals surface area contributed by atoms with Crippen molar-refractivity contribution in [2.45, 2.75) is 0 Å². The lowest BCUT2D eigenvalue weighted by molar-refractivity contribution is 0.410. The van der Waals surface area contributed by atoms with Crippen LogP contribution in [0.25, 0.3) is 0 Å². The fraction of sp³-hybridized carbons (Fsp3) is 0.0909. The van der Waals surface area contributed by atoms with Crippen LogP contribution in [0.1, 0.15) is 0 Å². The molecule has 0 fully saturated rings. The Morgan fingerprint density at radius 2 is 2.24 bits per heavy atom. The average molecular weight is 247 g/mol. The lowest BCUT2D eigenvalue weighted by Gasteiger charge is -2.21. The molecule has 0 amide bonds. The van der Waals surface area contributed by atoms with Crippen molar-refractivity contribution in [3.05, 3.63) is 29.2 Å². The highest BCUT2D eigenvalue weighted by Gasteiger charge is 2.20. The van der Waals surface area contributed by atoms with Gasteiger partial charge in [-0.15, -0.1) is 0 Å². The fourth-order valence-electron chi connectivity index (χ4n) is 1.68.